The summed E-state index contributed by atoms with van der Waals surface area (Å²) in [6, 6.07) is 5.92. The van der Waals surface area contributed by atoms with Crippen molar-refractivity contribution in [2.24, 2.45) is 0 Å². The third kappa shape index (κ3) is 3.87. The summed E-state index contributed by atoms with van der Waals surface area (Å²) in [5.41, 5.74) is 1.56. The first-order valence-corrected chi connectivity index (χ1v) is 7.22. The number of amides is 1. The topological polar surface area (TPSA) is 32.3 Å². The Morgan fingerprint density at radius 3 is 2.85 bits per heavy atom. The molecule has 1 aliphatic rings. The molecular formula is C15H22Cl2N2O. The monoisotopic (exact) mass is 316 g/mol. The van der Waals surface area contributed by atoms with Crippen LogP contribution in [0.4, 0.5) is 0 Å². The molecule has 0 spiro atoms. The van der Waals surface area contributed by atoms with Gasteiger partial charge in [0.25, 0.3) is 5.91 Å². The second-order valence-corrected chi connectivity index (χ2v) is 5.57. The van der Waals surface area contributed by atoms with E-state index in [1.54, 1.807) is 0 Å². The van der Waals surface area contributed by atoms with E-state index in [0.29, 0.717) is 16.6 Å². The molecule has 1 aromatic carbocycles. The van der Waals surface area contributed by atoms with Crippen LogP contribution in [0.5, 0.6) is 0 Å². The van der Waals surface area contributed by atoms with E-state index >= 15 is 0 Å². The number of hydrogen-bond donors (Lipinski definition) is 1. The number of carbonyl (C=O) groups excluding carboxylic acids is 1. The number of nitrogens with zero attached hydrogens (tertiary/aromatic N) is 1. The fourth-order valence-corrected chi connectivity index (χ4v) is 2.76. The minimum atomic E-state index is 0. The maximum atomic E-state index is 12.6. The van der Waals surface area contributed by atoms with Gasteiger partial charge in [-0.15, -0.1) is 12.4 Å². The highest BCUT2D eigenvalue weighted by molar-refractivity contribution is 6.34. The lowest BCUT2D eigenvalue weighted by molar-refractivity contribution is 0.0720. The van der Waals surface area contributed by atoms with Crippen molar-refractivity contribution < 1.29 is 4.79 Å². The van der Waals surface area contributed by atoms with Crippen molar-refractivity contribution in [1.82, 2.24) is 10.2 Å². The third-order valence-electron chi connectivity index (χ3n) is 3.84. The van der Waals surface area contributed by atoms with Crippen molar-refractivity contribution in [3.63, 3.8) is 0 Å². The first-order chi connectivity index (χ1) is 9.11. The molecule has 1 N–H and O–H groups in total. The number of benzene rings is 1. The molecule has 1 atom stereocenters. The second kappa shape index (κ2) is 7.87. The minimum Gasteiger partial charge on any atom is -0.339 e. The van der Waals surface area contributed by atoms with Crippen LogP contribution >= 0.6 is 24.0 Å². The Kier molecular flexibility index (Phi) is 6.80. The zero-order valence-corrected chi connectivity index (χ0v) is 13.6. The van der Waals surface area contributed by atoms with E-state index in [1.807, 2.05) is 37.1 Å². The van der Waals surface area contributed by atoms with Gasteiger partial charge in [0.1, 0.15) is 0 Å². The smallest absolute Gasteiger partial charge is 0.255 e. The van der Waals surface area contributed by atoms with Gasteiger partial charge in [-0.05, 0) is 50.9 Å². The highest BCUT2D eigenvalue weighted by Crippen LogP contribution is 2.23. The van der Waals surface area contributed by atoms with E-state index in [2.05, 4.69) is 5.32 Å². The molecule has 112 valence electrons. The molecular weight excluding hydrogens is 295 g/mol. The molecule has 0 aliphatic carbocycles. The van der Waals surface area contributed by atoms with Crippen LogP contribution < -0.4 is 5.32 Å². The average molecular weight is 317 g/mol. The highest BCUT2D eigenvalue weighted by Gasteiger charge is 2.23. The number of carbonyl (C=O) groups is 1. The standard InChI is InChI=1S/C15H21ClN2O.ClH/c1-11-5-3-7-13(14(11)16)15(19)18(2)12-6-4-9-17-10-8-12;/h3,5,7,12,17H,4,6,8-10H2,1-2H3;1H. The number of aryl methyl sites for hydroxylation is 1. The molecule has 1 aliphatic heterocycles. The van der Waals surface area contributed by atoms with Gasteiger partial charge in [0.05, 0.1) is 10.6 Å². The van der Waals surface area contributed by atoms with E-state index in [-0.39, 0.29) is 18.3 Å². The van der Waals surface area contributed by atoms with E-state index in [1.165, 1.54) is 0 Å². The number of halogens is 2. The van der Waals surface area contributed by atoms with Crippen LogP contribution in [0.25, 0.3) is 0 Å². The summed E-state index contributed by atoms with van der Waals surface area (Å²) in [5, 5.41) is 3.94. The van der Waals surface area contributed by atoms with Gasteiger partial charge in [0.15, 0.2) is 0 Å². The van der Waals surface area contributed by atoms with Crippen molar-refractivity contribution >= 4 is 29.9 Å². The zero-order chi connectivity index (χ0) is 13.8. The molecule has 0 bridgehead atoms. The van der Waals surface area contributed by atoms with Crippen LogP contribution in [0.3, 0.4) is 0 Å². The lowest BCUT2D eigenvalue weighted by Gasteiger charge is -2.27. The predicted octanol–water partition coefficient (Wildman–Crippen LogP) is 3.28. The number of hydrogen-bond acceptors (Lipinski definition) is 2. The molecule has 1 fully saturated rings. The summed E-state index contributed by atoms with van der Waals surface area (Å²) in [7, 11) is 1.89. The molecule has 0 radical (unpaired) electrons. The molecule has 5 heteroatoms. The van der Waals surface area contributed by atoms with Gasteiger partial charge in [0.2, 0.25) is 0 Å². The van der Waals surface area contributed by atoms with Crippen LogP contribution in [0, 0.1) is 6.92 Å². The molecule has 1 saturated heterocycles. The summed E-state index contributed by atoms with van der Waals surface area (Å²) in [5.74, 6) is 0.0283. The molecule has 1 heterocycles. The van der Waals surface area contributed by atoms with Crippen LogP contribution in [0.2, 0.25) is 5.02 Å². The predicted molar refractivity (Wildman–Crippen MR) is 86.0 cm³/mol. The molecule has 20 heavy (non-hydrogen) atoms. The second-order valence-electron chi connectivity index (χ2n) is 5.19. The van der Waals surface area contributed by atoms with Crippen LogP contribution in [-0.4, -0.2) is 37.0 Å². The van der Waals surface area contributed by atoms with Crippen LogP contribution in [-0.2, 0) is 0 Å². The minimum absolute atomic E-state index is 0. The van der Waals surface area contributed by atoms with Crippen LogP contribution in [0.15, 0.2) is 18.2 Å². The van der Waals surface area contributed by atoms with E-state index in [9.17, 15) is 4.79 Å². The Labute approximate surface area is 132 Å². The first kappa shape index (κ1) is 17.3. The number of rotatable bonds is 2. The van der Waals surface area contributed by atoms with Crippen molar-refractivity contribution in [2.45, 2.75) is 32.2 Å². The van der Waals surface area contributed by atoms with E-state index < -0.39 is 0 Å². The fourth-order valence-electron chi connectivity index (χ4n) is 2.56. The fraction of sp³-hybridized carbons (Fsp3) is 0.533. The molecule has 1 unspecified atom stereocenters. The normalized spacial score (nSPS) is 18.9. The van der Waals surface area contributed by atoms with Gasteiger partial charge in [-0.25, -0.2) is 0 Å². The van der Waals surface area contributed by atoms with Crippen LogP contribution in [0.1, 0.15) is 35.2 Å². The van der Waals surface area contributed by atoms with Gasteiger partial charge >= 0.3 is 0 Å². The Bertz CT molecular complexity index is 457. The summed E-state index contributed by atoms with van der Waals surface area (Å²) in [6.07, 6.45) is 3.17. The Morgan fingerprint density at radius 1 is 1.35 bits per heavy atom. The van der Waals surface area contributed by atoms with Crippen molar-refractivity contribution in [3.8, 4) is 0 Å². The summed E-state index contributed by atoms with van der Waals surface area (Å²) < 4.78 is 0. The molecule has 0 saturated carbocycles. The Morgan fingerprint density at radius 2 is 2.10 bits per heavy atom. The van der Waals surface area contributed by atoms with Crippen molar-refractivity contribution in [3.05, 3.63) is 34.3 Å². The van der Waals surface area contributed by atoms with Gasteiger partial charge in [-0.3, -0.25) is 4.79 Å². The lowest BCUT2D eigenvalue weighted by atomic mass is 10.1. The highest BCUT2D eigenvalue weighted by atomic mass is 35.5. The van der Waals surface area contributed by atoms with E-state index in [4.69, 9.17) is 11.6 Å². The molecule has 3 nitrogen and oxygen atoms in total. The summed E-state index contributed by atoms with van der Waals surface area (Å²) >= 11 is 6.24. The quantitative estimate of drug-likeness (QED) is 0.908. The maximum absolute atomic E-state index is 12.6. The molecule has 1 aromatic rings. The largest absolute Gasteiger partial charge is 0.339 e. The SMILES string of the molecule is Cc1cccc(C(=O)N(C)C2CCCNCC2)c1Cl.Cl. The van der Waals surface area contributed by atoms with Crippen molar-refractivity contribution in [1.29, 1.82) is 0 Å². The Hall–Kier alpha value is -0.770. The third-order valence-corrected chi connectivity index (χ3v) is 4.34. The number of nitrogens with one attached hydrogen (secondary N) is 1. The van der Waals surface area contributed by atoms with E-state index in [0.717, 1.165) is 37.9 Å². The lowest BCUT2D eigenvalue weighted by Crippen LogP contribution is -2.37. The Balaban J connectivity index is 0.00000200. The zero-order valence-electron chi connectivity index (χ0n) is 12.0. The molecule has 1 amide bonds. The first-order valence-electron chi connectivity index (χ1n) is 6.84. The summed E-state index contributed by atoms with van der Waals surface area (Å²) in [4.78, 5) is 14.4. The van der Waals surface area contributed by atoms with Gasteiger partial charge in [-0.2, -0.15) is 0 Å². The van der Waals surface area contributed by atoms with Gasteiger partial charge in [0, 0.05) is 13.1 Å². The maximum Gasteiger partial charge on any atom is 0.255 e. The van der Waals surface area contributed by atoms with Gasteiger partial charge < -0.3 is 10.2 Å². The average Bonchev–Trinajstić information content (AvgIpc) is 2.69. The summed E-state index contributed by atoms with van der Waals surface area (Å²) in [6.45, 7) is 3.95. The van der Waals surface area contributed by atoms with Gasteiger partial charge in [-0.1, -0.05) is 23.7 Å². The molecule has 0 aromatic heterocycles. The van der Waals surface area contributed by atoms with Crippen molar-refractivity contribution in [2.75, 3.05) is 20.1 Å². The molecule has 2 rings (SSSR count).